The molecule has 3 aromatic heterocycles. The number of hydrogen-bond acceptors (Lipinski definition) is 5. The monoisotopic (exact) mass is 429 g/mol. The maximum atomic E-state index is 13.1. The predicted molar refractivity (Wildman–Crippen MR) is 121 cm³/mol. The molecule has 6 nitrogen and oxygen atoms in total. The third-order valence-corrected chi connectivity index (χ3v) is 6.13. The highest BCUT2D eigenvalue weighted by Crippen LogP contribution is 2.26. The Hall–Kier alpha value is -3.45. The first-order chi connectivity index (χ1) is 15.5. The van der Waals surface area contributed by atoms with E-state index in [4.69, 9.17) is 0 Å². The van der Waals surface area contributed by atoms with Gasteiger partial charge in [-0.15, -0.1) is 0 Å². The molecule has 1 aliphatic rings. The van der Waals surface area contributed by atoms with Crippen LogP contribution in [0.25, 0.3) is 22.0 Å². The number of nitrogens with zero attached hydrogens (tertiary/aromatic N) is 5. The molecule has 32 heavy (non-hydrogen) atoms. The Kier molecular flexibility index (Phi) is 5.49. The van der Waals surface area contributed by atoms with E-state index in [9.17, 15) is 9.18 Å². The average Bonchev–Trinajstić information content (AvgIpc) is 3.30. The first-order valence-corrected chi connectivity index (χ1v) is 10.8. The van der Waals surface area contributed by atoms with Crippen molar-refractivity contribution in [3.8, 4) is 11.1 Å². The second-order valence-corrected chi connectivity index (χ2v) is 8.44. The molecule has 0 atom stereocenters. The van der Waals surface area contributed by atoms with Crippen LogP contribution in [0.5, 0.6) is 0 Å². The summed E-state index contributed by atoms with van der Waals surface area (Å²) in [6.07, 6.45) is 9.87. The number of likely N-dealkylation sites (tertiary alicyclic amines) is 1. The number of ketones is 1. The van der Waals surface area contributed by atoms with Crippen molar-refractivity contribution in [2.24, 2.45) is 0 Å². The van der Waals surface area contributed by atoms with Gasteiger partial charge in [-0.3, -0.25) is 19.4 Å². The van der Waals surface area contributed by atoms with E-state index >= 15 is 0 Å². The van der Waals surface area contributed by atoms with E-state index in [1.807, 2.05) is 18.5 Å². The van der Waals surface area contributed by atoms with Gasteiger partial charge >= 0.3 is 0 Å². The van der Waals surface area contributed by atoms with Crippen molar-refractivity contribution < 1.29 is 9.18 Å². The van der Waals surface area contributed by atoms with Crippen LogP contribution in [-0.2, 0) is 6.42 Å². The van der Waals surface area contributed by atoms with E-state index in [1.165, 1.54) is 24.3 Å². The van der Waals surface area contributed by atoms with Crippen LogP contribution in [0, 0.1) is 5.82 Å². The molecule has 4 aromatic rings. The van der Waals surface area contributed by atoms with E-state index in [2.05, 4.69) is 44.0 Å². The number of piperidine rings is 1. The van der Waals surface area contributed by atoms with Gasteiger partial charge in [0.2, 0.25) is 0 Å². The fourth-order valence-electron chi connectivity index (χ4n) is 4.18. The highest BCUT2D eigenvalue weighted by Gasteiger charge is 2.19. The van der Waals surface area contributed by atoms with Crippen molar-refractivity contribution in [1.82, 2.24) is 24.6 Å². The summed E-state index contributed by atoms with van der Waals surface area (Å²) in [5.41, 5.74) is 3.92. The zero-order valence-corrected chi connectivity index (χ0v) is 17.9. The van der Waals surface area contributed by atoms with E-state index < -0.39 is 0 Å². The van der Waals surface area contributed by atoms with Crippen LogP contribution in [0.2, 0.25) is 0 Å². The molecule has 0 unspecified atom stereocenters. The number of pyridine rings is 2. The van der Waals surface area contributed by atoms with Crippen molar-refractivity contribution in [2.75, 3.05) is 20.1 Å². The molecule has 1 aliphatic heterocycles. The summed E-state index contributed by atoms with van der Waals surface area (Å²) in [6, 6.07) is 9.98. The Balaban J connectivity index is 1.36. The largest absolute Gasteiger partial charge is 0.306 e. The lowest BCUT2D eigenvalue weighted by molar-refractivity contribution is 0.0992. The van der Waals surface area contributed by atoms with Crippen molar-refractivity contribution in [2.45, 2.75) is 25.3 Å². The number of benzene rings is 1. The standard InChI is InChI=1S/C25H24FN5O/c1-30-8-6-23(7-9-30)31-16-20(14-29-31)19-10-18-11-22(27-15-24(18)28-13-19)12-25(32)17-2-4-21(26)5-3-17/h2-5,10-11,13-16,23H,6-9,12H2,1H3. The van der Waals surface area contributed by atoms with Gasteiger partial charge < -0.3 is 4.90 Å². The second kappa shape index (κ2) is 8.59. The van der Waals surface area contributed by atoms with Gasteiger partial charge in [-0.1, -0.05) is 0 Å². The Morgan fingerprint density at radius 2 is 1.81 bits per heavy atom. The second-order valence-electron chi connectivity index (χ2n) is 8.44. The van der Waals surface area contributed by atoms with Crippen LogP contribution < -0.4 is 0 Å². The molecular formula is C25H24FN5O. The molecule has 1 aromatic carbocycles. The van der Waals surface area contributed by atoms with Gasteiger partial charge in [-0.2, -0.15) is 5.10 Å². The minimum Gasteiger partial charge on any atom is -0.306 e. The van der Waals surface area contributed by atoms with Crippen molar-refractivity contribution >= 4 is 16.7 Å². The molecule has 0 amide bonds. The van der Waals surface area contributed by atoms with Crippen LogP contribution in [0.4, 0.5) is 4.39 Å². The number of carbonyl (C=O) groups is 1. The normalized spacial score (nSPS) is 15.3. The van der Waals surface area contributed by atoms with Crippen LogP contribution >= 0.6 is 0 Å². The number of hydrogen-bond donors (Lipinski definition) is 0. The smallest absolute Gasteiger partial charge is 0.168 e. The Bertz CT molecular complexity index is 1260. The number of carbonyl (C=O) groups excluding carboxylic acids is 1. The molecule has 0 spiro atoms. The van der Waals surface area contributed by atoms with E-state index in [0.29, 0.717) is 17.3 Å². The Morgan fingerprint density at radius 3 is 2.59 bits per heavy atom. The highest BCUT2D eigenvalue weighted by atomic mass is 19.1. The van der Waals surface area contributed by atoms with E-state index in [0.717, 1.165) is 48.0 Å². The predicted octanol–water partition coefficient (Wildman–Crippen LogP) is 4.32. The van der Waals surface area contributed by atoms with Gasteiger partial charge in [0.25, 0.3) is 0 Å². The summed E-state index contributed by atoms with van der Waals surface area (Å²) < 4.78 is 15.2. The summed E-state index contributed by atoms with van der Waals surface area (Å²) in [5, 5.41) is 5.53. The SMILES string of the molecule is CN1CCC(n2cc(-c3cnc4cnc(CC(=O)c5ccc(F)cc5)cc4c3)cn2)CC1. The Morgan fingerprint density at radius 1 is 1.03 bits per heavy atom. The van der Waals surface area contributed by atoms with Crippen LogP contribution in [0.3, 0.4) is 0 Å². The molecule has 5 rings (SSSR count). The van der Waals surface area contributed by atoms with Gasteiger partial charge in [0.15, 0.2) is 5.78 Å². The van der Waals surface area contributed by atoms with Crippen LogP contribution in [-0.4, -0.2) is 50.6 Å². The minimum absolute atomic E-state index is 0.0969. The topological polar surface area (TPSA) is 63.9 Å². The van der Waals surface area contributed by atoms with E-state index in [-0.39, 0.29) is 18.0 Å². The first kappa shape index (κ1) is 20.5. The lowest BCUT2D eigenvalue weighted by Crippen LogP contribution is -2.31. The molecule has 162 valence electrons. The summed E-state index contributed by atoms with van der Waals surface area (Å²) in [5.74, 6) is -0.455. The zero-order chi connectivity index (χ0) is 22.1. The summed E-state index contributed by atoms with van der Waals surface area (Å²) >= 11 is 0. The Labute approximate surface area is 185 Å². The molecule has 7 heteroatoms. The lowest BCUT2D eigenvalue weighted by atomic mass is 10.0. The summed E-state index contributed by atoms with van der Waals surface area (Å²) in [7, 11) is 2.15. The average molecular weight is 429 g/mol. The zero-order valence-electron chi connectivity index (χ0n) is 17.9. The van der Waals surface area contributed by atoms with Gasteiger partial charge in [0, 0.05) is 40.2 Å². The van der Waals surface area contributed by atoms with Gasteiger partial charge in [0.05, 0.1) is 30.4 Å². The fourth-order valence-corrected chi connectivity index (χ4v) is 4.18. The number of Topliss-reactive ketones (excluding diaryl/α,β-unsaturated/α-hetero) is 1. The highest BCUT2D eigenvalue weighted by molar-refractivity contribution is 5.97. The van der Waals surface area contributed by atoms with Gasteiger partial charge in [0.1, 0.15) is 5.82 Å². The number of aromatic nitrogens is 4. The maximum absolute atomic E-state index is 13.1. The molecule has 0 aliphatic carbocycles. The van der Waals surface area contributed by atoms with E-state index in [1.54, 1.807) is 6.20 Å². The molecular weight excluding hydrogens is 405 g/mol. The number of halogens is 1. The van der Waals surface area contributed by atoms with Crippen LogP contribution in [0.1, 0.15) is 34.9 Å². The summed E-state index contributed by atoms with van der Waals surface area (Å²) in [6.45, 7) is 2.17. The molecule has 0 bridgehead atoms. The molecule has 0 saturated carbocycles. The molecule has 0 radical (unpaired) electrons. The lowest BCUT2D eigenvalue weighted by Gasteiger charge is -2.28. The first-order valence-electron chi connectivity index (χ1n) is 10.8. The summed E-state index contributed by atoms with van der Waals surface area (Å²) in [4.78, 5) is 23.8. The molecule has 4 heterocycles. The third kappa shape index (κ3) is 4.29. The van der Waals surface area contributed by atoms with Crippen molar-refractivity contribution in [3.05, 3.63) is 78.3 Å². The van der Waals surface area contributed by atoms with Gasteiger partial charge in [-0.05, 0) is 69.4 Å². The molecule has 1 fully saturated rings. The van der Waals surface area contributed by atoms with Crippen LogP contribution in [0.15, 0.2) is 61.2 Å². The third-order valence-electron chi connectivity index (χ3n) is 6.13. The van der Waals surface area contributed by atoms with Crippen molar-refractivity contribution in [3.63, 3.8) is 0 Å². The quantitative estimate of drug-likeness (QED) is 0.442. The number of fused-ring (bicyclic) bond motifs is 1. The maximum Gasteiger partial charge on any atom is 0.168 e. The van der Waals surface area contributed by atoms with Gasteiger partial charge in [-0.25, -0.2) is 4.39 Å². The number of rotatable bonds is 5. The van der Waals surface area contributed by atoms with Crippen molar-refractivity contribution in [1.29, 1.82) is 0 Å². The molecule has 0 N–H and O–H groups in total. The fraction of sp³-hybridized carbons (Fsp3) is 0.280. The molecule has 1 saturated heterocycles. The minimum atomic E-state index is -0.358.